The number of piperidine rings is 1. The van der Waals surface area contributed by atoms with Gasteiger partial charge in [0, 0.05) is 19.8 Å². The molecule has 3 aliphatic rings. The molecule has 8 nitrogen and oxygen atoms in total. The van der Waals surface area contributed by atoms with Gasteiger partial charge in [-0.1, -0.05) is 6.07 Å². The molecule has 1 saturated carbocycles. The van der Waals surface area contributed by atoms with E-state index in [4.69, 9.17) is 23.5 Å². The van der Waals surface area contributed by atoms with Gasteiger partial charge < -0.3 is 28.4 Å². The molecule has 0 amide bonds. The van der Waals surface area contributed by atoms with Gasteiger partial charge in [-0.05, 0) is 94.1 Å². The first-order valence-corrected chi connectivity index (χ1v) is 13.4. The molecule has 35 heavy (non-hydrogen) atoms. The van der Waals surface area contributed by atoms with E-state index in [0.29, 0.717) is 43.8 Å². The number of rotatable bonds is 10. The molecule has 1 aromatic carbocycles. The second kappa shape index (κ2) is 12.1. The van der Waals surface area contributed by atoms with Gasteiger partial charge in [0.1, 0.15) is 11.1 Å². The molecule has 2 aromatic rings. The first-order chi connectivity index (χ1) is 17.3. The summed E-state index contributed by atoms with van der Waals surface area (Å²) in [7, 11) is 0. The molecule has 0 N–H and O–H groups in total. The fourth-order valence-corrected chi connectivity index (χ4v) is 5.40. The fourth-order valence-electron chi connectivity index (χ4n) is 5.40. The van der Waals surface area contributed by atoms with Crippen molar-refractivity contribution in [2.75, 3.05) is 46.1 Å². The number of likely N-dealkylation sites (tertiary alicyclic amines) is 1. The van der Waals surface area contributed by atoms with Crippen LogP contribution in [0.1, 0.15) is 57.8 Å². The number of hydrogen-bond donors (Lipinski definition) is 0. The maximum absolute atomic E-state index is 12.1. The van der Waals surface area contributed by atoms with E-state index in [1.807, 2.05) is 18.2 Å². The van der Waals surface area contributed by atoms with Crippen LogP contribution in [0.4, 0.5) is 0 Å². The lowest BCUT2D eigenvalue weighted by atomic mass is 9.98. The van der Waals surface area contributed by atoms with E-state index in [1.165, 1.54) is 12.8 Å². The summed E-state index contributed by atoms with van der Waals surface area (Å²) in [6.07, 6.45) is 9.57. The SMILES string of the molecule is O=C(OCCCN1CCC(COc2noc3cccc(OC4CCCC4)c23)CC1)C1CCOCC1. The highest BCUT2D eigenvalue weighted by Gasteiger charge is 2.25. The number of carbonyl (C=O) groups excluding carboxylic acids is 1. The normalized spacial score (nSPS) is 20.9. The molecule has 3 fully saturated rings. The minimum absolute atomic E-state index is 0.0201. The molecule has 0 radical (unpaired) electrons. The summed E-state index contributed by atoms with van der Waals surface area (Å²) in [4.78, 5) is 14.6. The van der Waals surface area contributed by atoms with Gasteiger partial charge in [-0.25, -0.2) is 0 Å². The van der Waals surface area contributed by atoms with Crippen LogP contribution in [0.5, 0.6) is 11.6 Å². The number of hydrogen-bond acceptors (Lipinski definition) is 8. The average Bonchev–Trinajstić information content (AvgIpc) is 3.57. The molecule has 1 aromatic heterocycles. The van der Waals surface area contributed by atoms with Gasteiger partial charge in [-0.2, -0.15) is 0 Å². The smallest absolute Gasteiger partial charge is 0.309 e. The third-order valence-electron chi connectivity index (χ3n) is 7.61. The Morgan fingerprint density at radius 2 is 1.86 bits per heavy atom. The summed E-state index contributed by atoms with van der Waals surface area (Å²) >= 11 is 0. The van der Waals surface area contributed by atoms with Crippen molar-refractivity contribution in [3.05, 3.63) is 18.2 Å². The third kappa shape index (κ3) is 6.47. The molecule has 2 saturated heterocycles. The molecular weight excluding hydrogens is 448 g/mol. The van der Waals surface area contributed by atoms with Crippen LogP contribution in [-0.2, 0) is 14.3 Å². The number of aromatic nitrogens is 1. The predicted molar refractivity (Wildman–Crippen MR) is 131 cm³/mol. The zero-order valence-electron chi connectivity index (χ0n) is 20.6. The highest BCUT2D eigenvalue weighted by molar-refractivity contribution is 5.88. The lowest BCUT2D eigenvalue weighted by Crippen LogP contribution is -2.36. The average molecular weight is 487 g/mol. The molecular formula is C27H38N2O6. The summed E-state index contributed by atoms with van der Waals surface area (Å²) in [5, 5.41) is 5.05. The van der Waals surface area contributed by atoms with Crippen molar-refractivity contribution >= 4 is 16.9 Å². The van der Waals surface area contributed by atoms with Crippen LogP contribution >= 0.6 is 0 Å². The lowest BCUT2D eigenvalue weighted by molar-refractivity contribution is -0.151. The number of fused-ring (bicyclic) bond motifs is 1. The predicted octanol–water partition coefficient (Wildman–Crippen LogP) is 4.60. The van der Waals surface area contributed by atoms with Crippen molar-refractivity contribution < 1.29 is 28.3 Å². The first-order valence-electron chi connectivity index (χ1n) is 13.4. The van der Waals surface area contributed by atoms with Crippen molar-refractivity contribution in [3.8, 4) is 11.6 Å². The van der Waals surface area contributed by atoms with Gasteiger partial charge >= 0.3 is 5.97 Å². The Morgan fingerprint density at radius 3 is 2.66 bits per heavy atom. The Balaban J connectivity index is 1.02. The van der Waals surface area contributed by atoms with Crippen LogP contribution in [0, 0.1) is 11.8 Å². The monoisotopic (exact) mass is 486 g/mol. The number of nitrogens with zero attached hydrogens (tertiary/aromatic N) is 2. The number of ether oxygens (including phenoxy) is 4. The topological polar surface area (TPSA) is 83.3 Å². The van der Waals surface area contributed by atoms with Crippen LogP contribution in [-0.4, -0.2) is 68.2 Å². The van der Waals surface area contributed by atoms with E-state index in [9.17, 15) is 4.79 Å². The number of benzene rings is 1. The minimum Gasteiger partial charge on any atom is -0.489 e. The van der Waals surface area contributed by atoms with Gasteiger partial charge in [-0.15, -0.1) is 0 Å². The second-order valence-corrected chi connectivity index (χ2v) is 10.1. The summed E-state index contributed by atoms with van der Waals surface area (Å²) < 4.78 is 28.7. The van der Waals surface area contributed by atoms with Gasteiger partial charge in [0.05, 0.1) is 25.2 Å². The van der Waals surface area contributed by atoms with E-state index in [0.717, 1.165) is 75.7 Å². The quantitative estimate of drug-likeness (QED) is 0.356. The van der Waals surface area contributed by atoms with Crippen molar-refractivity contribution in [2.45, 2.75) is 63.9 Å². The molecule has 3 heterocycles. The standard InChI is InChI=1S/C27H38N2O6/c30-27(21-11-17-31-18-12-21)32-16-4-13-29-14-9-20(10-15-29)19-33-26-25-23(34-22-5-1-2-6-22)7-3-8-24(25)35-28-26/h3,7-8,20-22H,1-2,4-6,9-19H2. The number of carbonyl (C=O) groups is 1. The third-order valence-corrected chi connectivity index (χ3v) is 7.61. The summed E-state index contributed by atoms with van der Waals surface area (Å²) in [6, 6.07) is 5.85. The van der Waals surface area contributed by atoms with Crippen molar-refractivity contribution in [1.29, 1.82) is 0 Å². The maximum atomic E-state index is 12.1. The van der Waals surface area contributed by atoms with E-state index in [-0.39, 0.29) is 18.0 Å². The molecule has 0 bridgehead atoms. The molecule has 192 valence electrons. The molecule has 1 aliphatic carbocycles. The van der Waals surface area contributed by atoms with Gasteiger partial charge in [0.25, 0.3) is 5.88 Å². The van der Waals surface area contributed by atoms with Gasteiger partial charge in [-0.3, -0.25) is 4.79 Å². The van der Waals surface area contributed by atoms with Gasteiger partial charge in [0.2, 0.25) is 0 Å². The molecule has 0 spiro atoms. The molecule has 0 unspecified atom stereocenters. The van der Waals surface area contributed by atoms with Crippen LogP contribution in [0.25, 0.3) is 11.0 Å². The van der Waals surface area contributed by atoms with Crippen molar-refractivity contribution in [3.63, 3.8) is 0 Å². The van der Waals surface area contributed by atoms with Crippen LogP contribution in [0.3, 0.4) is 0 Å². The molecule has 0 atom stereocenters. The zero-order chi connectivity index (χ0) is 23.9. The minimum atomic E-state index is -0.0543. The summed E-state index contributed by atoms with van der Waals surface area (Å²) in [5.41, 5.74) is 0.711. The number of esters is 1. The highest BCUT2D eigenvalue weighted by atomic mass is 16.5. The Morgan fingerprint density at radius 1 is 1.06 bits per heavy atom. The summed E-state index contributed by atoms with van der Waals surface area (Å²) in [5.74, 6) is 1.82. The Kier molecular flexibility index (Phi) is 8.42. The first kappa shape index (κ1) is 24.4. The van der Waals surface area contributed by atoms with E-state index < -0.39 is 0 Å². The zero-order valence-corrected chi connectivity index (χ0v) is 20.6. The highest BCUT2D eigenvalue weighted by Crippen LogP contribution is 2.36. The molecule has 2 aliphatic heterocycles. The van der Waals surface area contributed by atoms with E-state index in [1.54, 1.807) is 0 Å². The van der Waals surface area contributed by atoms with Crippen LogP contribution in [0.2, 0.25) is 0 Å². The largest absolute Gasteiger partial charge is 0.489 e. The van der Waals surface area contributed by atoms with Crippen molar-refractivity contribution in [1.82, 2.24) is 10.1 Å². The van der Waals surface area contributed by atoms with E-state index >= 15 is 0 Å². The molecule has 8 heteroatoms. The Labute approximate surface area is 207 Å². The Hall–Kier alpha value is -2.32. The molecule has 5 rings (SSSR count). The maximum Gasteiger partial charge on any atom is 0.309 e. The Bertz CT molecular complexity index is 942. The van der Waals surface area contributed by atoms with Crippen LogP contribution < -0.4 is 9.47 Å². The second-order valence-electron chi connectivity index (χ2n) is 10.1. The van der Waals surface area contributed by atoms with Crippen molar-refractivity contribution in [2.24, 2.45) is 11.8 Å². The lowest BCUT2D eigenvalue weighted by Gasteiger charge is -2.31. The fraction of sp³-hybridized carbons (Fsp3) is 0.704. The summed E-state index contributed by atoms with van der Waals surface area (Å²) in [6.45, 7) is 5.51. The van der Waals surface area contributed by atoms with E-state index in [2.05, 4.69) is 10.1 Å². The van der Waals surface area contributed by atoms with Crippen LogP contribution in [0.15, 0.2) is 22.7 Å². The van der Waals surface area contributed by atoms with Gasteiger partial charge in [0.15, 0.2) is 5.58 Å².